The van der Waals surface area contributed by atoms with Gasteiger partial charge in [-0.2, -0.15) is 0 Å². The zero-order valence-corrected chi connectivity index (χ0v) is 12.9. The third-order valence-corrected chi connectivity index (χ3v) is 4.13. The maximum absolute atomic E-state index is 12.2. The molecule has 1 aliphatic rings. The van der Waals surface area contributed by atoms with Crippen LogP contribution in [0.5, 0.6) is 0 Å². The number of benzene rings is 1. The van der Waals surface area contributed by atoms with E-state index in [0.717, 1.165) is 25.1 Å². The van der Waals surface area contributed by atoms with Crippen molar-refractivity contribution in [3.63, 3.8) is 0 Å². The summed E-state index contributed by atoms with van der Waals surface area (Å²) in [5.74, 6) is -0.203. The average molecular weight is 291 g/mol. The van der Waals surface area contributed by atoms with Gasteiger partial charge in [-0.1, -0.05) is 30.3 Å². The van der Waals surface area contributed by atoms with Crippen molar-refractivity contribution in [1.82, 2.24) is 5.32 Å². The van der Waals surface area contributed by atoms with Crippen LogP contribution in [0.1, 0.15) is 37.8 Å². The molecule has 4 heteroatoms. The molecule has 1 N–H and O–H groups in total. The second kappa shape index (κ2) is 7.57. The predicted molar refractivity (Wildman–Crippen MR) is 82.0 cm³/mol. The molecular weight excluding hydrogens is 266 g/mol. The van der Waals surface area contributed by atoms with E-state index >= 15 is 0 Å². The fourth-order valence-corrected chi connectivity index (χ4v) is 2.54. The summed E-state index contributed by atoms with van der Waals surface area (Å²) in [7, 11) is 1.73. The predicted octanol–water partition coefficient (Wildman–Crippen LogP) is 2.70. The van der Waals surface area contributed by atoms with Crippen molar-refractivity contribution in [1.29, 1.82) is 0 Å². The zero-order chi connectivity index (χ0) is 15.1. The summed E-state index contributed by atoms with van der Waals surface area (Å²) in [5.41, 5.74) is 1.26. The van der Waals surface area contributed by atoms with Crippen LogP contribution in [0.25, 0.3) is 0 Å². The minimum absolute atomic E-state index is 0.203. The summed E-state index contributed by atoms with van der Waals surface area (Å²) >= 11 is 0. The van der Waals surface area contributed by atoms with Crippen molar-refractivity contribution in [2.75, 3.05) is 26.9 Å². The number of hydrogen-bond donors (Lipinski definition) is 1. The topological polar surface area (TPSA) is 47.6 Å². The van der Waals surface area contributed by atoms with Gasteiger partial charge in [0, 0.05) is 20.3 Å². The Kier molecular flexibility index (Phi) is 5.76. The molecule has 1 fully saturated rings. The van der Waals surface area contributed by atoms with Gasteiger partial charge in [0.1, 0.15) is 6.04 Å². The van der Waals surface area contributed by atoms with Crippen LogP contribution in [0.2, 0.25) is 0 Å². The lowest BCUT2D eigenvalue weighted by molar-refractivity contribution is -0.145. The van der Waals surface area contributed by atoms with Gasteiger partial charge in [0.25, 0.3) is 0 Å². The van der Waals surface area contributed by atoms with Crippen LogP contribution in [0.4, 0.5) is 0 Å². The molecule has 0 aliphatic heterocycles. The van der Waals surface area contributed by atoms with E-state index in [0.29, 0.717) is 12.0 Å². The van der Waals surface area contributed by atoms with Crippen LogP contribution < -0.4 is 5.32 Å². The summed E-state index contributed by atoms with van der Waals surface area (Å²) in [4.78, 5) is 12.2. The lowest BCUT2D eigenvalue weighted by Gasteiger charge is -2.22. The van der Waals surface area contributed by atoms with Gasteiger partial charge in [-0.25, -0.2) is 4.79 Å². The Morgan fingerprint density at radius 1 is 1.33 bits per heavy atom. The summed E-state index contributed by atoms with van der Waals surface area (Å²) in [6, 6.07) is 9.38. The van der Waals surface area contributed by atoms with Crippen LogP contribution >= 0.6 is 0 Å². The molecule has 1 atom stereocenters. The number of hydrogen-bond acceptors (Lipinski definition) is 4. The van der Waals surface area contributed by atoms with Crippen LogP contribution in [0.3, 0.4) is 0 Å². The standard InChI is InChI=1S/C17H25NO3/c1-3-21-16(19)15(14-7-5-4-6-8-14)18-13-17(9-10-17)11-12-20-2/h4-8,15,18H,3,9-13H2,1-2H3. The summed E-state index contributed by atoms with van der Waals surface area (Å²) in [6.07, 6.45) is 3.45. The van der Waals surface area contributed by atoms with Crippen molar-refractivity contribution in [2.24, 2.45) is 5.41 Å². The molecule has 21 heavy (non-hydrogen) atoms. The Morgan fingerprint density at radius 3 is 2.62 bits per heavy atom. The molecular formula is C17H25NO3. The Hall–Kier alpha value is -1.39. The van der Waals surface area contributed by atoms with E-state index in [2.05, 4.69) is 5.32 Å². The molecule has 4 nitrogen and oxygen atoms in total. The molecule has 0 aromatic heterocycles. The molecule has 0 heterocycles. The number of carbonyl (C=O) groups excluding carboxylic acids is 1. The molecule has 2 rings (SSSR count). The van der Waals surface area contributed by atoms with Crippen molar-refractivity contribution in [3.05, 3.63) is 35.9 Å². The van der Waals surface area contributed by atoms with E-state index < -0.39 is 0 Å². The van der Waals surface area contributed by atoms with Gasteiger partial charge >= 0.3 is 5.97 Å². The summed E-state index contributed by atoms with van der Waals surface area (Å²) in [6.45, 7) is 3.84. The van der Waals surface area contributed by atoms with E-state index in [4.69, 9.17) is 9.47 Å². The maximum atomic E-state index is 12.2. The highest BCUT2D eigenvalue weighted by atomic mass is 16.5. The Bertz CT molecular complexity index is 443. The van der Waals surface area contributed by atoms with Crippen molar-refractivity contribution in [3.8, 4) is 0 Å². The molecule has 1 saturated carbocycles. The van der Waals surface area contributed by atoms with Crippen LogP contribution in [-0.2, 0) is 14.3 Å². The first-order valence-corrected chi connectivity index (χ1v) is 7.65. The number of ether oxygens (including phenoxy) is 2. The normalized spacial score (nSPS) is 17.2. The fraction of sp³-hybridized carbons (Fsp3) is 0.588. The van der Waals surface area contributed by atoms with Crippen molar-refractivity contribution < 1.29 is 14.3 Å². The largest absolute Gasteiger partial charge is 0.465 e. The Morgan fingerprint density at radius 2 is 2.05 bits per heavy atom. The number of nitrogens with one attached hydrogen (secondary N) is 1. The first-order chi connectivity index (χ1) is 10.2. The van der Waals surface area contributed by atoms with E-state index in [9.17, 15) is 4.79 Å². The molecule has 0 bridgehead atoms. The fourth-order valence-electron chi connectivity index (χ4n) is 2.54. The summed E-state index contributed by atoms with van der Waals surface area (Å²) < 4.78 is 10.4. The highest BCUT2D eigenvalue weighted by Crippen LogP contribution is 2.48. The average Bonchev–Trinajstić information content (AvgIpc) is 3.27. The lowest BCUT2D eigenvalue weighted by atomic mass is 10.0. The highest BCUT2D eigenvalue weighted by molar-refractivity contribution is 5.77. The Balaban J connectivity index is 1.98. The molecule has 0 amide bonds. The minimum atomic E-state index is -0.383. The quantitative estimate of drug-likeness (QED) is 0.711. The van der Waals surface area contributed by atoms with Crippen LogP contribution in [0, 0.1) is 5.41 Å². The number of esters is 1. The highest BCUT2D eigenvalue weighted by Gasteiger charge is 2.42. The number of rotatable bonds is 9. The smallest absolute Gasteiger partial charge is 0.327 e. The van der Waals surface area contributed by atoms with E-state index in [-0.39, 0.29) is 12.0 Å². The third kappa shape index (κ3) is 4.55. The van der Waals surface area contributed by atoms with Gasteiger partial charge in [-0.05, 0) is 37.2 Å². The second-order valence-corrected chi connectivity index (χ2v) is 5.72. The molecule has 1 unspecified atom stereocenters. The van der Waals surface area contributed by atoms with Crippen molar-refractivity contribution in [2.45, 2.75) is 32.2 Å². The molecule has 0 spiro atoms. The van der Waals surface area contributed by atoms with Gasteiger partial charge < -0.3 is 14.8 Å². The van der Waals surface area contributed by atoms with E-state index in [1.165, 1.54) is 12.8 Å². The molecule has 116 valence electrons. The SMILES string of the molecule is CCOC(=O)C(NCC1(CCOC)CC1)c1ccccc1. The molecule has 1 aromatic carbocycles. The number of methoxy groups -OCH3 is 1. The molecule has 1 aliphatic carbocycles. The van der Waals surface area contributed by atoms with E-state index in [1.807, 2.05) is 37.3 Å². The molecule has 1 aromatic rings. The molecule has 0 radical (unpaired) electrons. The first-order valence-electron chi connectivity index (χ1n) is 7.65. The van der Waals surface area contributed by atoms with Gasteiger partial charge in [-0.15, -0.1) is 0 Å². The van der Waals surface area contributed by atoms with Gasteiger partial charge in [0.05, 0.1) is 6.61 Å². The van der Waals surface area contributed by atoms with Crippen LogP contribution in [0.15, 0.2) is 30.3 Å². The van der Waals surface area contributed by atoms with Gasteiger partial charge in [0.2, 0.25) is 0 Å². The molecule has 0 saturated heterocycles. The first kappa shape index (κ1) is 16.0. The maximum Gasteiger partial charge on any atom is 0.327 e. The van der Waals surface area contributed by atoms with Gasteiger partial charge in [-0.3, -0.25) is 0 Å². The Labute approximate surface area is 126 Å². The third-order valence-electron chi connectivity index (χ3n) is 4.13. The lowest BCUT2D eigenvalue weighted by Crippen LogP contribution is -2.34. The minimum Gasteiger partial charge on any atom is -0.465 e. The van der Waals surface area contributed by atoms with Crippen LogP contribution in [-0.4, -0.2) is 32.8 Å². The zero-order valence-electron chi connectivity index (χ0n) is 12.9. The van der Waals surface area contributed by atoms with E-state index in [1.54, 1.807) is 7.11 Å². The second-order valence-electron chi connectivity index (χ2n) is 5.72. The number of carbonyl (C=O) groups is 1. The van der Waals surface area contributed by atoms with Crippen molar-refractivity contribution >= 4 is 5.97 Å². The summed E-state index contributed by atoms with van der Waals surface area (Å²) in [5, 5.41) is 3.40. The van der Waals surface area contributed by atoms with Gasteiger partial charge in [0.15, 0.2) is 0 Å². The monoisotopic (exact) mass is 291 g/mol.